The summed E-state index contributed by atoms with van der Waals surface area (Å²) in [4.78, 5) is 11.6. The third-order valence-corrected chi connectivity index (χ3v) is 3.15. The van der Waals surface area contributed by atoms with Gasteiger partial charge >= 0.3 is 5.97 Å². The number of aryl methyl sites for hydroxylation is 1. The summed E-state index contributed by atoms with van der Waals surface area (Å²) in [5.41, 5.74) is 1.03. The molecule has 0 radical (unpaired) electrons. The number of carboxylic acid groups (broad SMARTS) is 1. The number of aliphatic carboxylic acids is 1. The van der Waals surface area contributed by atoms with Gasteiger partial charge in [0.15, 0.2) is 0 Å². The maximum absolute atomic E-state index is 10.7. The van der Waals surface area contributed by atoms with Gasteiger partial charge in [0, 0.05) is 4.90 Å². The van der Waals surface area contributed by atoms with Crippen molar-refractivity contribution in [3.05, 3.63) is 29.8 Å². The maximum atomic E-state index is 10.7. The molecule has 0 amide bonds. The molecule has 4 heteroatoms. The van der Waals surface area contributed by atoms with Gasteiger partial charge in [-0.25, -0.2) is 0 Å². The molecule has 0 aliphatic carbocycles. The minimum atomic E-state index is -0.985. The van der Waals surface area contributed by atoms with Crippen LogP contribution in [0.1, 0.15) is 5.56 Å². The highest BCUT2D eigenvalue weighted by atomic mass is 32.2. The summed E-state index contributed by atoms with van der Waals surface area (Å²) in [5, 5.41) is 16.8. The molecule has 1 aromatic rings. The Hall–Kier alpha value is -1.00. The molecule has 0 bridgehead atoms. The summed E-state index contributed by atoms with van der Waals surface area (Å²) >= 11 is 1.17. The summed E-state index contributed by atoms with van der Waals surface area (Å²) in [6.45, 7) is 1.56. The van der Waals surface area contributed by atoms with Crippen LogP contribution >= 0.6 is 11.8 Å². The minimum Gasteiger partial charge on any atom is -0.480 e. The maximum Gasteiger partial charge on any atom is 0.319 e. The van der Waals surface area contributed by atoms with Gasteiger partial charge in [-0.15, -0.1) is 11.8 Å². The summed E-state index contributed by atoms with van der Waals surface area (Å²) in [7, 11) is 0. The van der Waals surface area contributed by atoms with E-state index in [1.807, 2.05) is 31.2 Å². The molecule has 2 N–H and O–H groups in total. The highest BCUT2D eigenvalue weighted by Crippen LogP contribution is 2.26. The lowest BCUT2D eigenvalue weighted by Crippen LogP contribution is -2.20. The molecule has 0 aromatic heterocycles. The van der Waals surface area contributed by atoms with E-state index in [0.29, 0.717) is 0 Å². The van der Waals surface area contributed by atoms with Crippen LogP contribution in [0, 0.1) is 6.92 Å². The molecule has 0 heterocycles. The minimum absolute atomic E-state index is 0.353. The number of thioether (sulfide) groups is 1. The monoisotopic (exact) mass is 212 g/mol. The zero-order chi connectivity index (χ0) is 10.6. The molecular weight excluding hydrogens is 200 g/mol. The van der Waals surface area contributed by atoms with Crippen LogP contribution in [-0.2, 0) is 4.79 Å². The molecule has 0 aliphatic rings. The van der Waals surface area contributed by atoms with Crippen molar-refractivity contribution in [2.75, 3.05) is 6.61 Å². The number of aliphatic hydroxyl groups is 1. The molecule has 3 nitrogen and oxygen atoms in total. The van der Waals surface area contributed by atoms with Gasteiger partial charge < -0.3 is 10.2 Å². The molecule has 0 spiro atoms. The van der Waals surface area contributed by atoms with E-state index in [4.69, 9.17) is 10.2 Å². The normalized spacial score (nSPS) is 12.4. The van der Waals surface area contributed by atoms with Crippen molar-refractivity contribution < 1.29 is 15.0 Å². The summed E-state index contributed by atoms with van der Waals surface area (Å²) < 4.78 is 0. The fourth-order valence-corrected chi connectivity index (χ4v) is 1.90. The van der Waals surface area contributed by atoms with Crippen molar-refractivity contribution in [1.82, 2.24) is 0 Å². The van der Waals surface area contributed by atoms with E-state index in [1.165, 1.54) is 11.8 Å². The van der Waals surface area contributed by atoms with E-state index in [-0.39, 0.29) is 6.61 Å². The van der Waals surface area contributed by atoms with Gasteiger partial charge in [0.25, 0.3) is 0 Å². The first-order valence-electron chi connectivity index (χ1n) is 4.21. The molecular formula is C10H12O3S. The predicted octanol–water partition coefficient (Wildman–Crippen LogP) is 1.53. The molecule has 76 valence electrons. The molecule has 14 heavy (non-hydrogen) atoms. The van der Waals surface area contributed by atoms with Crippen molar-refractivity contribution in [3.8, 4) is 0 Å². The van der Waals surface area contributed by atoms with Crippen molar-refractivity contribution in [1.29, 1.82) is 0 Å². The molecule has 1 aromatic carbocycles. The average molecular weight is 212 g/mol. The number of hydrogen-bond donors (Lipinski definition) is 2. The fraction of sp³-hybridized carbons (Fsp3) is 0.300. The fourth-order valence-electron chi connectivity index (χ4n) is 1.01. The van der Waals surface area contributed by atoms with Gasteiger partial charge in [-0.2, -0.15) is 0 Å². The van der Waals surface area contributed by atoms with E-state index in [0.717, 1.165) is 10.5 Å². The van der Waals surface area contributed by atoms with Gasteiger partial charge in [0.05, 0.1) is 6.61 Å². The topological polar surface area (TPSA) is 57.5 Å². The molecule has 0 aliphatic heterocycles. The van der Waals surface area contributed by atoms with Crippen LogP contribution in [0.3, 0.4) is 0 Å². The standard InChI is InChI=1S/C10H12O3S/c1-7-4-2-3-5-8(7)14-9(6-11)10(12)13/h2-5,9,11H,6H2,1H3,(H,12,13). The first-order valence-corrected chi connectivity index (χ1v) is 5.09. The second-order valence-corrected chi connectivity index (χ2v) is 4.14. The smallest absolute Gasteiger partial charge is 0.319 e. The molecule has 0 saturated carbocycles. The second kappa shape index (κ2) is 5.02. The second-order valence-electron chi connectivity index (χ2n) is 2.89. The first-order chi connectivity index (χ1) is 6.65. The third-order valence-electron chi connectivity index (χ3n) is 1.80. The van der Waals surface area contributed by atoms with Gasteiger partial charge in [-0.1, -0.05) is 18.2 Å². The zero-order valence-electron chi connectivity index (χ0n) is 7.80. The third kappa shape index (κ3) is 2.75. The van der Waals surface area contributed by atoms with E-state index in [9.17, 15) is 4.79 Å². The Morgan fingerprint density at radius 3 is 2.64 bits per heavy atom. The Kier molecular flexibility index (Phi) is 3.98. The van der Waals surface area contributed by atoms with Crippen molar-refractivity contribution in [2.45, 2.75) is 17.1 Å². The number of carboxylic acids is 1. The SMILES string of the molecule is Cc1ccccc1SC(CO)C(=O)O. The van der Waals surface area contributed by atoms with Crippen LogP contribution in [0.5, 0.6) is 0 Å². The first kappa shape index (κ1) is 11.1. The number of aliphatic hydroxyl groups excluding tert-OH is 1. The number of carbonyl (C=O) groups is 1. The summed E-state index contributed by atoms with van der Waals surface area (Å²) in [6, 6.07) is 7.52. The molecule has 1 atom stereocenters. The molecule has 0 fully saturated rings. The lowest BCUT2D eigenvalue weighted by atomic mass is 10.2. The van der Waals surface area contributed by atoms with E-state index in [2.05, 4.69) is 0 Å². The van der Waals surface area contributed by atoms with Crippen LogP contribution in [0.25, 0.3) is 0 Å². The van der Waals surface area contributed by atoms with Crippen LogP contribution in [0.4, 0.5) is 0 Å². The molecule has 1 unspecified atom stereocenters. The molecule has 1 rings (SSSR count). The lowest BCUT2D eigenvalue weighted by molar-refractivity contribution is -0.137. The largest absolute Gasteiger partial charge is 0.480 e. The number of rotatable bonds is 4. The Balaban J connectivity index is 2.77. The molecule has 0 saturated heterocycles. The average Bonchev–Trinajstić information content (AvgIpc) is 2.16. The van der Waals surface area contributed by atoms with Gasteiger partial charge in [-0.05, 0) is 18.6 Å². The van der Waals surface area contributed by atoms with Gasteiger partial charge in [0.1, 0.15) is 5.25 Å². The number of benzene rings is 1. The Morgan fingerprint density at radius 1 is 1.50 bits per heavy atom. The number of hydrogen-bond acceptors (Lipinski definition) is 3. The quantitative estimate of drug-likeness (QED) is 0.743. The lowest BCUT2D eigenvalue weighted by Gasteiger charge is -2.10. The van der Waals surface area contributed by atoms with Crippen molar-refractivity contribution in [3.63, 3.8) is 0 Å². The van der Waals surface area contributed by atoms with E-state index >= 15 is 0 Å². The van der Waals surface area contributed by atoms with Crippen LogP contribution in [-0.4, -0.2) is 28.0 Å². The van der Waals surface area contributed by atoms with Crippen LogP contribution < -0.4 is 0 Å². The highest BCUT2D eigenvalue weighted by molar-refractivity contribution is 8.00. The Morgan fingerprint density at radius 2 is 2.14 bits per heavy atom. The predicted molar refractivity (Wildman–Crippen MR) is 55.5 cm³/mol. The highest BCUT2D eigenvalue weighted by Gasteiger charge is 2.17. The van der Waals surface area contributed by atoms with E-state index in [1.54, 1.807) is 0 Å². The summed E-state index contributed by atoms with van der Waals surface area (Å²) in [6.07, 6.45) is 0. The van der Waals surface area contributed by atoms with Crippen molar-refractivity contribution >= 4 is 17.7 Å². The summed E-state index contributed by atoms with van der Waals surface area (Å²) in [5.74, 6) is -0.985. The Bertz CT molecular complexity index is 325. The zero-order valence-corrected chi connectivity index (χ0v) is 8.62. The Labute approximate surface area is 86.8 Å². The van der Waals surface area contributed by atoms with Crippen LogP contribution in [0.15, 0.2) is 29.2 Å². The van der Waals surface area contributed by atoms with Crippen LogP contribution in [0.2, 0.25) is 0 Å². The van der Waals surface area contributed by atoms with Gasteiger partial charge in [0.2, 0.25) is 0 Å². The van der Waals surface area contributed by atoms with E-state index < -0.39 is 11.2 Å². The van der Waals surface area contributed by atoms with Gasteiger partial charge in [-0.3, -0.25) is 4.79 Å². The van der Waals surface area contributed by atoms with Crippen molar-refractivity contribution in [2.24, 2.45) is 0 Å².